The second-order valence-electron chi connectivity index (χ2n) is 9.86. The van der Waals surface area contributed by atoms with Gasteiger partial charge < -0.3 is 14.2 Å². The number of fused-ring (bicyclic) bond motifs is 3. The lowest BCUT2D eigenvalue weighted by Crippen LogP contribution is -2.40. The molecule has 2 aromatic rings. The van der Waals surface area contributed by atoms with E-state index in [9.17, 15) is 9.59 Å². The van der Waals surface area contributed by atoms with Gasteiger partial charge in [0, 0.05) is 18.4 Å². The van der Waals surface area contributed by atoms with Crippen LogP contribution in [0.15, 0.2) is 47.6 Å². The maximum Gasteiger partial charge on any atom is 0.303 e. The highest BCUT2D eigenvalue weighted by molar-refractivity contribution is 6.07. The second-order valence-corrected chi connectivity index (χ2v) is 9.86. The third kappa shape index (κ3) is 5.97. The van der Waals surface area contributed by atoms with Crippen LogP contribution in [0.3, 0.4) is 0 Å². The first-order valence-electron chi connectivity index (χ1n) is 13.4. The van der Waals surface area contributed by atoms with Crippen LogP contribution in [-0.2, 0) is 20.7 Å². The van der Waals surface area contributed by atoms with Gasteiger partial charge in [-0.2, -0.15) is 5.10 Å². The molecule has 0 bridgehead atoms. The minimum absolute atomic E-state index is 0.0273. The number of esters is 1. The van der Waals surface area contributed by atoms with Crippen LogP contribution in [0.1, 0.15) is 81.5 Å². The molecule has 0 aromatic heterocycles. The van der Waals surface area contributed by atoms with Crippen molar-refractivity contribution in [2.45, 2.75) is 77.4 Å². The Hall–Kier alpha value is -3.35. The SMILES string of the molecule is CCCCCCC[C@H](OC(C)=O)C(=O)N1N=C2c3cc(OC)ccc3CC[C@H]2[C@@H]1c1ccc(OC)cc1. The van der Waals surface area contributed by atoms with Crippen LogP contribution in [-0.4, -0.2) is 42.9 Å². The number of aryl methyl sites for hydroxylation is 1. The minimum Gasteiger partial charge on any atom is -0.497 e. The van der Waals surface area contributed by atoms with Crippen LogP contribution < -0.4 is 9.47 Å². The Morgan fingerprint density at radius 1 is 1.00 bits per heavy atom. The summed E-state index contributed by atoms with van der Waals surface area (Å²) in [4.78, 5) is 25.9. The van der Waals surface area contributed by atoms with Gasteiger partial charge in [0.2, 0.25) is 0 Å². The van der Waals surface area contributed by atoms with Crippen LogP contribution in [0.2, 0.25) is 0 Å². The van der Waals surface area contributed by atoms with Gasteiger partial charge in [0.1, 0.15) is 11.5 Å². The Bertz CT molecular complexity index is 1130. The summed E-state index contributed by atoms with van der Waals surface area (Å²) < 4.78 is 16.4. The van der Waals surface area contributed by atoms with E-state index in [4.69, 9.17) is 19.3 Å². The number of benzene rings is 2. The van der Waals surface area contributed by atoms with Crippen molar-refractivity contribution in [3.05, 3.63) is 59.2 Å². The Balaban J connectivity index is 1.69. The molecule has 7 nitrogen and oxygen atoms in total. The van der Waals surface area contributed by atoms with Crippen molar-refractivity contribution in [3.63, 3.8) is 0 Å². The van der Waals surface area contributed by atoms with Gasteiger partial charge in [-0.3, -0.25) is 9.59 Å². The largest absolute Gasteiger partial charge is 0.497 e. The van der Waals surface area contributed by atoms with Gasteiger partial charge in [-0.15, -0.1) is 0 Å². The smallest absolute Gasteiger partial charge is 0.303 e. The summed E-state index contributed by atoms with van der Waals surface area (Å²) in [6.45, 7) is 3.53. The summed E-state index contributed by atoms with van der Waals surface area (Å²) in [6.07, 6.45) is 6.65. The lowest BCUT2D eigenvalue weighted by Gasteiger charge is -2.31. The Morgan fingerprint density at radius 2 is 1.70 bits per heavy atom. The van der Waals surface area contributed by atoms with E-state index >= 15 is 0 Å². The molecule has 0 N–H and O–H groups in total. The number of hydrogen-bond donors (Lipinski definition) is 0. The van der Waals surface area contributed by atoms with Crippen molar-refractivity contribution < 1.29 is 23.8 Å². The maximum atomic E-state index is 14.0. The monoisotopic (exact) mass is 506 g/mol. The fraction of sp³-hybridized carbons (Fsp3) is 0.500. The molecule has 0 spiro atoms. The molecule has 37 heavy (non-hydrogen) atoms. The molecule has 1 heterocycles. The van der Waals surface area contributed by atoms with Gasteiger partial charge in [0.15, 0.2) is 6.10 Å². The zero-order chi connectivity index (χ0) is 26.4. The van der Waals surface area contributed by atoms with Crippen molar-refractivity contribution in [1.82, 2.24) is 5.01 Å². The number of carbonyl (C=O) groups excluding carboxylic acids is 2. The molecule has 0 unspecified atom stereocenters. The minimum atomic E-state index is -0.853. The number of rotatable bonds is 11. The third-order valence-electron chi connectivity index (χ3n) is 7.37. The molecule has 4 rings (SSSR count). The summed E-state index contributed by atoms with van der Waals surface area (Å²) in [7, 11) is 3.29. The summed E-state index contributed by atoms with van der Waals surface area (Å²) in [5.41, 5.74) is 4.09. The number of methoxy groups -OCH3 is 2. The van der Waals surface area contributed by atoms with Crippen molar-refractivity contribution >= 4 is 17.6 Å². The van der Waals surface area contributed by atoms with Gasteiger partial charge in [-0.25, -0.2) is 5.01 Å². The number of amides is 1. The fourth-order valence-electron chi connectivity index (χ4n) is 5.45. The van der Waals surface area contributed by atoms with E-state index in [1.54, 1.807) is 19.2 Å². The van der Waals surface area contributed by atoms with E-state index in [0.29, 0.717) is 6.42 Å². The average Bonchev–Trinajstić information content (AvgIpc) is 3.31. The lowest BCUT2D eigenvalue weighted by molar-refractivity contribution is -0.160. The highest BCUT2D eigenvalue weighted by Gasteiger charge is 2.46. The van der Waals surface area contributed by atoms with E-state index in [1.165, 1.54) is 12.5 Å². The van der Waals surface area contributed by atoms with Crippen LogP contribution >= 0.6 is 0 Å². The van der Waals surface area contributed by atoms with Crippen molar-refractivity contribution in [1.29, 1.82) is 0 Å². The molecular weight excluding hydrogens is 468 g/mol. The highest BCUT2D eigenvalue weighted by Crippen LogP contribution is 2.44. The number of hydrazone groups is 1. The predicted molar refractivity (Wildman–Crippen MR) is 143 cm³/mol. The van der Waals surface area contributed by atoms with Crippen molar-refractivity contribution in [2.24, 2.45) is 11.0 Å². The Kier molecular flexibility index (Phi) is 8.85. The van der Waals surface area contributed by atoms with Crippen LogP contribution in [0.5, 0.6) is 11.5 Å². The summed E-state index contributed by atoms with van der Waals surface area (Å²) in [6, 6.07) is 13.6. The topological polar surface area (TPSA) is 77.4 Å². The summed E-state index contributed by atoms with van der Waals surface area (Å²) in [5.74, 6) is 0.826. The molecule has 1 aliphatic heterocycles. The predicted octanol–water partition coefficient (Wildman–Crippen LogP) is 5.85. The zero-order valence-corrected chi connectivity index (χ0v) is 22.4. The molecule has 0 radical (unpaired) electrons. The quantitative estimate of drug-likeness (QED) is 0.282. The van der Waals surface area contributed by atoms with E-state index in [1.807, 2.05) is 36.4 Å². The fourth-order valence-corrected chi connectivity index (χ4v) is 5.45. The van der Waals surface area contributed by atoms with Crippen molar-refractivity contribution in [2.75, 3.05) is 14.2 Å². The zero-order valence-electron chi connectivity index (χ0n) is 22.4. The number of hydrogen-bond acceptors (Lipinski definition) is 6. The molecule has 0 saturated carbocycles. The second kappa shape index (κ2) is 12.3. The number of ether oxygens (including phenoxy) is 3. The molecule has 1 amide bonds. The number of carbonyl (C=O) groups is 2. The van der Waals surface area contributed by atoms with Gasteiger partial charge in [0.25, 0.3) is 5.91 Å². The Labute approximate surface area is 219 Å². The number of unbranched alkanes of at least 4 members (excludes halogenated alkanes) is 4. The molecule has 2 aromatic carbocycles. The van der Waals surface area contributed by atoms with Gasteiger partial charge in [-0.05, 0) is 61.1 Å². The molecular formula is C30H38N2O5. The average molecular weight is 507 g/mol. The third-order valence-corrected chi connectivity index (χ3v) is 7.37. The number of nitrogens with zero attached hydrogens (tertiary/aromatic N) is 2. The standard InChI is InChI=1S/C30H38N2O5/c1-5-6-7-8-9-10-27(37-20(2)33)30(34)32-29(22-12-15-23(35-3)16-13-22)25-18-14-21-11-17-24(36-4)19-26(21)28(25)31-32/h11-13,15-17,19,25,27,29H,5-10,14,18H2,1-4H3/t25-,27+,29+/m1/s1. The molecule has 198 valence electrons. The van der Waals surface area contributed by atoms with Crippen LogP contribution in [0.25, 0.3) is 0 Å². The van der Waals surface area contributed by atoms with E-state index < -0.39 is 12.1 Å². The first-order chi connectivity index (χ1) is 18.0. The van der Waals surface area contributed by atoms with Gasteiger partial charge >= 0.3 is 5.97 Å². The first-order valence-corrected chi connectivity index (χ1v) is 13.4. The summed E-state index contributed by atoms with van der Waals surface area (Å²) >= 11 is 0. The first kappa shape index (κ1) is 26.7. The molecule has 2 aliphatic rings. The molecule has 3 atom stereocenters. The van der Waals surface area contributed by atoms with Crippen LogP contribution in [0, 0.1) is 5.92 Å². The van der Waals surface area contributed by atoms with E-state index in [-0.39, 0.29) is 17.9 Å². The maximum absolute atomic E-state index is 14.0. The molecule has 7 heteroatoms. The molecule has 0 fully saturated rings. The molecule has 0 saturated heterocycles. The van der Waals surface area contributed by atoms with E-state index in [2.05, 4.69) is 13.0 Å². The van der Waals surface area contributed by atoms with Crippen LogP contribution in [0.4, 0.5) is 0 Å². The highest BCUT2D eigenvalue weighted by atomic mass is 16.5. The normalized spacial score (nSPS) is 18.9. The lowest BCUT2D eigenvalue weighted by atomic mass is 9.77. The van der Waals surface area contributed by atoms with E-state index in [0.717, 1.165) is 73.3 Å². The molecule has 1 aliphatic carbocycles. The Morgan fingerprint density at radius 3 is 2.38 bits per heavy atom. The summed E-state index contributed by atoms with van der Waals surface area (Å²) in [5, 5.41) is 6.51. The van der Waals surface area contributed by atoms with Gasteiger partial charge in [0.05, 0.1) is 26.0 Å². The van der Waals surface area contributed by atoms with Gasteiger partial charge in [-0.1, -0.05) is 50.8 Å². The van der Waals surface area contributed by atoms with Crippen molar-refractivity contribution in [3.8, 4) is 11.5 Å².